The predicted octanol–water partition coefficient (Wildman–Crippen LogP) is 2.33. The van der Waals surface area contributed by atoms with Crippen LogP contribution in [0.1, 0.15) is 10.4 Å². The van der Waals surface area contributed by atoms with Crippen LogP contribution in [0.2, 0.25) is 0 Å². The first-order valence-corrected chi connectivity index (χ1v) is 4.31. The van der Waals surface area contributed by atoms with Gasteiger partial charge in [0.05, 0.1) is 5.56 Å². The summed E-state index contributed by atoms with van der Waals surface area (Å²) in [5.41, 5.74) is 0.153. The molecular weight excluding hydrogens is 163 g/mol. The molecule has 0 bridgehead atoms. The first-order valence-electron chi connectivity index (χ1n) is 3.08. The van der Waals surface area contributed by atoms with E-state index in [9.17, 15) is 9.18 Å². The Morgan fingerprint density at radius 1 is 1.45 bits per heavy atom. The van der Waals surface area contributed by atoms with E-state index in [1.165, 1.54) is 12.1 Å². The van der Waals surface area contributed by atoms with Crippen molar-refractivity contribution < 1.29 is 9.18 Å². The molecule has 1 nitrogen and oxygen atoms in total. The molecule has 11 heavy (non-hydrogen) atoms. The molecule has 0 saturated carbocycles. The Labute approximate surface area is 68.6 Å². The molecule has 1 rings (SSSR count). The number of carbonyl (C=O) groups excluding carboxylic acids is 1. The van der Waals surface area contributed by atoms with E-state index in [1.807, 2.05) is 0 Å². The van der Waals surface area contributed by atoms with E-state index >= 15 is 0 Å². The second-order valence-corrected chi connectivity index (χ2v) is 2.75. The minimum absolute atomic E-state index is 0.153. The van der Waals surface area contributed by atoms with Crippen LogP contribution >= 0.6 is 11.8 Å². The van der Waals surface area contributed by atoms with Gasteiger partial charge in [0.15, 0.2) is 0 Å². The summed E-state index contributed by atoms with van der Waals surface area (Å²) >= 11 is 1.01. The molecule has 0 saturated heterocycles. The fraction of sp³-hybridized carbons (Fsp3) is 0.125. The van der Waals surface area contributed by atoms with Gasteiger partial charge in [-0.25, -0.2) is 4.39 Å². The van der Waals surface area contributed by atoms with Crippen LogP contribution in [0.3, 0.4) is 0 Å². The standard InChI is InChI=1S/C8H7FOS/c1-11-8(10)6-4-2-3-5-7(6)9/h2-5H,1H3. The molecule has 0 spiro atoms. The molecular formula is C8H7FOS. The smallest absolute Gasteiger partial charge is 0.222 e. The highest BCUT2D eigenvalue weighted by Gasteiger charge is 2.07. The third kappa shape index (κ3) is 1.80. The summed E-state index contributed by atoms with van der Waals surface area (Å²) < 4.78 is 12.8. The van der Waals surface area contributed by atoms with Crippen molar-refractivity contribution in [3.63, 3.8) is 0 Å². The van der Waals surface area contributed by atoms with Crippen LogP contribution in [-0.4, -0.2) is 11.4 Å². The summed E-state index contributed by atoms with van der Waals surface area (Å²) in [4.78, 5) is 11.0. The van der Waals surface area contributed by atoms with Gasteiger partial charge in [0.1, 0.15) is 5.82 Å². The molecule has 58 valence electrons. The molecule has 0 amide bonds. The average molecular weight is 170 g/mol. The lowest BCUT2D eigenvalue weighted by atomic mass is 10.2. The van der Waals surface area contributed by atoms with E-state index in [1.54, 1.807) is 18.4 Å². The molecule has 0 aliphatic rings. The zero-order valence-electron chi connectivity index (χ0n) is 6.00. The maximum absolute atomic E-state index is 12.8. The van der Waals surface area contributed by atoms with Gasteiger partial charge in [0.2, 0.25) is 5.12 Å². The van der Waals surface area contributed by atoms with Gasteiger partial charge >= 0.3 is 0 Å². The molecule has 0 unspecified atom stereocenters. The van der Waals surface area contributed by atoms with Crippen LogP contribution in [0.5, 0.6) is 0 Å². The van der Waals surface area contributed by atoms with Gasteiger partial charge in [-0.2, -0.15) is 0 Å². The van der Waals surface area contributed by atoms with Crippen molar-refractivity contribution in [1.29, 1.82) is 0 Å². The molecule has 1 aromatic carbocycles. The number of rotatable bonds is 1. The van der Waals surface area contributed by atoms with Crippen molar-refractivity contribution in [3.05, 3.63) is 35.6 Å². The van der Waals surface area contributed by atoms with Crippen molar-refractivity contribution >= 4 is 16.9 Å². The van der Waals surface area contributed by atoms with E-state index in [4.69, 9.17) is 0 Å². The first-order chi connectivity index (χ1) is 5.25. The quantitative estimate of drug-likeness (QED) is 0.643. The molecule has 0 fully saturated rings. The van der Waals surface area contributed by atoms with Crippen LogP contribution in [0.15, 0.2) is 24.3 Å². The number of hydrogen-bond acceptors (Lipinski definition) is 2. The molecule has 0 heterocycles. The van der Waals surface area contributed by atoms with Gasteiger partial charge in [-0.05, 0) is 18.4 Å². The molecule has 0 aromatic heterocycles. The van der Waals surface area contributed by atoms with Crippen LogP contribution in [0, 0.1) is 5.82 Å². The van der Waals surface area contributed by atoms with Gasteiger partial charge in [0, 0.05) is 0 Å². The van der Waals surface area contributed by atoms with Crippen molar-refractivity contribution in [2.45, 2.75) is 0 Å². The van der Waals surface area contributed by atoms with Gasteiger partial charge in [0.25, 0.3) is 0 Å². The van der Waals surface area contributed by atoms with E-state index < -0.39 is 5.82 Å². The third-order valence-electron chi connectivity index (χ3n) is 1.28. The van der Waals surface area contributed by atoms with Gasteiger partial charge in [-0.3, -0.25) is 4.79 Å². The third-order valence-corrected chi connectivity index (χ3v) is 1.87. The number of hydrogen-bond donors (Lipinski definition) is 0. The van der Waals surface area contributed by atoms with Crippen molar-refractivity contribution in [2.75, 3.05) is 6.26 Å². The monoisotopic (exact) mass is 170 g/mol. The van der Waals surface area contributed by atoms with Crippen LogP contribution in [0.25, 0.3) is 0 Å². The summed E-state index contributed by atoms with van der Waals surface area (Å²) in [6, 6.07) is 5.97. The number of benzene rings is 1. The summed E-state index contributed by atoms with van der Waals surface area (Å²) in [6.07, 6.45) is 1.63. The minimum Gasteiger partial charge on any atom is -0.281 e. The molecule has 0 aliphatic carbocycles. The van der Waals surface area contributed by atoms with Crippen molar-refractivity contribution in [1.82, 2.24) is 0 Å². The highest BCUT2D eigenvalue weighted by atomic mass is 32.2. The van der Waals surface area contributed by atoms with Crippen LogP contribution in [-0.2, 0) is 0 Å². The number of thioether (sulfide) groups is 1. The second-order valence-electron chi connectivity index (χ2n) is 1.97. The SMILES string of the molecule is CSC(=O)c1ccccc1F. The second kappa shape index (κ2) is 3.53. The Kier molecular flexibility index (Phi) is 2.65. The van der Waals surface area contributed by atoms with Crippen LogP contribution < -0.4 is 0 Å². The Bertz CT molecular complexity index is 273. The molecule has 0 radical (unpaired) electrons. The Balaban J connectivity index is 3.03. The largest absolute Gasteiger partial charge is 0.281 e. The van der Waals surface area contributed by atoms with Gasteiger partial charge in [-0.15, -0.1) is 0 Å². The number of carbonyl (C=O) groups is 1. The minimum atomic E-state index is -0.452. The fourth-order valence-electron chi connectivity index (χ4n) is 0.737. The van der Waals surface area contributed by atoms with Crippen LogP contribution in [0.4, 0.5) is 4.39 Å². The van der Waals surface area contributed by atoms with Gasteiger partial charge in [-0.1, -0.05) is 23.9 Å². The predicted molar refractivity (Wildman–Crippen MR) is 44.2 cm³/mol. The van der Waals surface area contributed by atoms with E-state index in [2.05, 4.69) is 0 Å². The lowest BCUT2D eigenvalue weighted by molar-refractivity contribution is 0.108. The van der Waals surface area contributed by atoms with E-state index in [0.717, 1.165) is 11.8 Å². The summed E-state index contributed by atoms with van der Waals surface area (Å²) in [5.74, 6) is -0.452. The maximum Gasteiger partial charge on any atom is 0.222 e. The Morgan fingerprint density at radius 3 is 2.64 bits per heavy atom. The summed E-state index contributed by atoms with van der Waals surface area (Å²) in [5, 5.41) is -0.233. The first kappa shape index (κ1) is 8.27. The molecule has 0 aliphatic heterocycles. The Morgan fingerprint density at radius 2 is 2.09 bits per heavy atom. The lowest BCUT2D eigenvalue weighted by Gasteiger charge is -1.96. The van der Waals surface area contributed by atoms with Crippen molar-refractivity contribution in [2.24, 2.45) is 0 Å². The molecule has 0 N–H and O–H groups in total. The zero-order chi connectivity index (χ0) is 8.27. The van der Waals surface area contributed by atoms with E-state index in [-0.39, 0.29) is 10.7 Å². The topological polar surface area (TPSA) is 17.1 Å². The zero-order valence-corrected chi connectivity index (χ0v) is 6.82. The highest BCUT2D eigenvalue weighted by molar-refractivity contribution is 8.13. The normalized spacial score (nSPS) is 9.64. The fourth-order valence-corrected chi connectivity index (χ4v) is 1.12. The van der Waals surface area contributed by atoms with E-state index in [0.29, 0.717) is 0 Å². The average Bonchev–Trinajstić information content (AvgIpc) is 2.04. The Hall–Kier alpha value is -0.830. The molecule has 3 heteroatoms. The highest BCUT2D eigenvalue weighted by Crippen LogP contribution is 2.12. The molecule has 0 atom stereocenters. The maximum atomic E-state index is 12.8. The number of halogens is 1. The molecule has 1 aromatic rings. The summed E-state index contributed by atoms with van der Waals surface area (Å²) in [6.45, 7) is 0. The van der Waals surface area contributed by atoms with Gasteiger partial charge < -0.3 is 0 Å². The summed E-state index contributed by atoms with van der Waals surface area (Å²) in [7, 11) is 0. The van der Waals surface area contributed by atoms with Crippen molar-refractivity contribution in [3.8, 4) is 0 Å². The lowest BCUT2D eigenvalue weighted by Crippen LogP contribution is -1.95.